The first-order valence-electron chi connectivity index (χ1n) is 1.30. The van der Waals surface area contributed by atoms with Crippen LogP contribution in [0.25, 0.3) is 0 Å². The monoisotopic (exact) mass is 182 g/mol. The third kappa shape index (κ3) is 191. The molecule has 6 nitrogen and oxygen atoms in total. The van der Waals surface area contributed by atoms with Crippen LogP contribution in [0.4, 0.5) is 9.59 Å². The van der Waals surface area contributed by atoms with Crippen LogP contribution in [-0.4, -0.2) is 32.7 Å². The van der Waals surface area contributed by atoms with Crippen molar-refractivity contribution in [2.24, 2.45) is 0 Å². The Morgan fingerprint density at radius 1 is 0.778 bits per heavy atom. The maximum atomic E-state index is 8.56. The molecule has 0 unspecified atom stereocenters. The molecule has 0 fully saturated rings. The number of hydrogen-bond donors (Lipinski definition) is 4. The molecular formula is C2H4NiO6. The van der Waals surface area contributed by atoms with E-state index in [1.807, 2.05) is 0 Å². The van der Waals surface area contributed by atoms with Gasteiger partial charge in [-0.1, -0.05) is 0 Å². The summed E-state index contributed by atoms with van der Waals surface area (Å²) in [5.74, 6) is 0. The summed E-state index contributed by atoms with van der Waals surface area (Å²) in [4.78, 5) is 17.1. The van der Waals surface area contributed by atoms with Crippen LogP contribution in [0.2, 0.25) is 0 Å². The maximum absolute atomic E-state index is 8.56. The van der Waals surface area contributed by atoms with E-state index >= 15 is 0 Å². The van der Waals surface area contributed by atoms with Crippen LogP contribution in [-0.2, 0) is 16.5 Å². The molecule has 4 N–H and O–H groups in total. The van der Waals surface area contributed by atoms with E-state index in [0.29, 0.717) is 0 Å². The molecule has 0 amide bonds. The zero-order chi connectivity index (χ0) is 7.15. The summed E-state index contributed by atoms with van der Waals surface area (Å²) in [5.41, 5.74) is 0. The van der Waals surface area contributed by atoms with Gasteiger partial charge in [-0.05, 0) is 0 Å². The molecule has 0 bridgehead atoms. The van der Waals surface area contributed by atoms with Gasteiger partial charge in [0.1, 0.15) is 0 Å². The van der Waals surface area contributed by atoms with Crippen LogP contribution < -0.4 is 0 Å². The fourth-order valence-corrected chi connectivity index (χ4v) is 0. The van der Waals surface area contributed by atoms with Gasteiger partial charge >= 0.3 is 12.3 Å². The van der Waals surface area contributed by atoms with Crippen LogP contribution in [0.1, 0.15) is 0 Å². The van der Waals surface area contributed by atoms with Crippen molar-refractivity contribution in [2.45, 2.75) is 0 Å². The van der Waals surface area contributed by atoms with Crippen molar-refractivity contribution in [1.82, 2.24) is 0 Å². The third-order valence-corrected chi connectivity index (χ3v) is 0. The van der Waals surface area contributed by atoms with Crippen molar-refractivity contribution in [2.75, 3.05) is 0 Å². The molecule has 58 valence electrons. The molecule has 0 aromatic carbocycles. The SMILES string of the molecule is O=C(O)O.O=C(O)O.[Ni]. The van der Waals surface area contributed by atoms with Crippen molar-refractivity contribution in [3.63, 3.8) is 0 Å². The fourth-order valence-electron chi connectivity index (χ4n) is 0. The van der Waals surface area contributed by atoms with Gasteiger partial charge in [0.05, 0.1) is 0 Å². The molecule has 9 heavy (non-hydrogen) atoms. The van der Waals surface area contributed by atoms with E-state index in [4.69, 9.17) is 30.0 Å². The topological polar surface area (TPSA) is 115 Å². The molecule has 0 aromatic heterocycles. The van der Waals surface area contributed by atoms with E-state index in [1.165, 1.54) is 0 Å². The summed E-state index contributed by atoms with van der Waals surface area (Å²) >= 11 is 0. The van der Waals surface area contributed by atoms with Gasteiger partial charge in [-0.15, -0.1) is 0 Å². The number of carbonyl (C=O) groups is 2. The Balaban J connectivity index is -0.0000000720. The first kappa shape index (κ1) is 15.7. The second-order valence-corrected chi connectivity index (χ2v) is 0.565. The van der Waals surface area contributed by atoms with Crippen LogP contribution in [0, 0.1) is 0 Å². The molecule has 0 aliphatic carbocycles. The van der Waals surface area contributed by atoms with Crippen LogP contribution in [0.5, 0.6) is 0 Å². The van der Waals surface area contributed by atoms with Crippen LogP contribution in [0.15, 0.2) is 0 Å². The Morgan fingerprint density at radius 3 is 0.778 bits per heavy atom. The zero-order valence-electron chi connectivity index (χ0n) is 3.92. The quantitative estimate of drug-likeness (QED) is 0.404. The standard InChI is InChI=1S/2CH2O3.Ni/c2*2-1(3)4;/h2*(H2,2,3,4);. The molecular weight excluding hydrogens is 179 g/mol. The largest absolute Gasteiger partial charge is 0.503 e. The Bertz CT molecular complexity index is 69.1. The second kappa shape index (κ2) is 10.1. The van der Waals surface area contributed by atoms with Gasteiger partial charge in [-0.2, -0.15) is 0 Å². The number of hydrogen-bond acceptors (Lipinski definition) is 2. The predicted octanol–water partition coefficient (Wildman–Crippen LogP) is 0.442. The normalized spacial score (nSPS) is 5.33. The van der Waals surface area contributed by atoms with E-state index in [9.17, 15) is 0 Å². The molecule has 0 aliphatic heterocycles. The molecule has 0 rings (SSSR count). The molecule has 0 atom stereocenters. The van der Waals surface area contributed by atoms with Crippen LogP contribution in [0.3, 0.4) is 0 Å². The minimum absolute atomic E-state index is 0. The summed E-state index contributed by atoms with van der Waals surface area (Å²) in [6.45, 7) is 0. The zero-order valence-corrected chi connectivity index (χ0v) is 4.91. The van der Waals surface area contributed by atoms with Gasteiger partial charge in [0.25, 0.3) is 0 Å². The first-order valence-corrected chi connectivity index (χ1v) is 1.30. The van der Waals surface area contributed by atoms with E-state index in [1.54, 1.807) is 0 Å². The van der Waals surface area contributed by atoms with Gasteiger partial charge in [-0.3, -0.25) is 0 Å². The van der Waals surface area contributed by atoms with Gasteiger partial charge in [0, 0.05) is 16.5 Å². The summed E-state index contributed by atoms with van der Waals surface area (Å²) in [6.07, 6.45) is -3.67. The van der Waals surface area contributed by atoms with E-state index in [-0.39, 0.29) is 16.5 Å². The molecule has 0 spiro atoms. The molecule has 0 heterocycles. The van der Waals surface area contributed by atoms with Gasteiger partial charge in [0.15, 0.2) is 0 Å². The first-order chi connectivity index (χ1) is 3.46. The van der Waals surface area contributed by atoms with Crippen molar-refractivity contribution in [1.29, 1.82) is 0 Å². The fraction of sp³-hybridized carbons (Fsp3) is 0. The summed E-state index contributed by atoms with van der Waals surface area (Å²) in [5, 5.41) is 27.9. The van der Waals surface area contributed by atoms with Crippen molar-refractivity contribution < 1.29 is 46.5 Å². The molecule has 0 aliphatic rings. The second-order valence-electron chi connectivity index (χ2n) is 0.565. The molecule has 0 aromatic rings. The van der Waals surface area contributed by atoms with Gasteiger partial charge in [-0.25, -0.2) is 9.59 Å². The smallest absolute Gasteiger partial charge is 0.450 e. The summed E-state index contributed by atoms with van der Waals surface area (Å²) in [6, 6.07) is 0. The van der Waals surface area contributed by atoms with Crippen molar-refractivity contribution in [3.05, 3.63) is 0 Å². The Labute approximate surface area is 59.7 Å². The summed E-state index contributed by atoms with van der Waals surface area (Å²) in [7, 11) is 0. The third-order valence-electron chi connectivity index (χ3n) is 0. The van der Waals surface area contributed by atoms with Crippen molar-refractivity contribution >= 4 is 12.3 Å². The van der Waals surface area contributed by atoms with Crippen LogP contribution >= 0.6 is 0 Å². The van der Waals surface area contributed by atoms with Gasteiger partial charge < -0.3 is 20.4 Å². The summed E-state index contributed by atoms with van der Waals surface area (Å²) < 4.78 is 0. The number of rotatable bonds is 0. The van der Waals surface area contributed by atoms with E-state index in [2.05, 4.69) is 0 Å². The average molecular weight is 183 g/mol. The van der Waals surface area contributed by atoms with Crippen molar-refractivity contribution in [3.8, 4) is 0 Å². The van der Waals surface area contributed by atoms with Gasteiger partial charge in [0.2, 0.25) is 0 Å². The van der Waals surface area contributed by atoms with E-state index < -0.39 is 12.3 Å². The average Bonchev–Trinajstić information content (AvgIpc) is 1.25. The van der Waals surface area contributed by atoms with E-state index in [0.717, 1.165) is 0 Å². The molecule has 0 radical (unpaired) electrons. The minimum atomic E-state index is -1.83. The maximum Gasteiger partial charge on any atom is 0.503 e. The number of carboxylic acid groups (broad SMARTS) is 4. The molecule has 7 heteroatoms. The predicted molar refractivity (Wildman–Crippen MR) is 21.3 cm³/mol. The molecule has 0 saturated carbocycles. The Morgan fingerprint density at radius 2 is 0.778 bits per heavy atom. The Kier molecular flexibility index (Phi) is 17.6. The Hall–Kier alpha value is -0.966. The molecule has 0 saturated heterocycles. The minimum Gasteiger partial charge on any atom is -0.450 e.